The minimum Gasteiger partial charge on any atom is -0.259 e. The second-order valence-electron chi connectivity index (χ2n) is 2.59. The molecule has 2 heterocycles. The van der Waals surface area contributed by atoms with Gasteiger partial charge < -0.3 is 0 Å². The predicted molar refractivity (Wildman–Crippen MR) is 58.0 cm³/mol. The first kappa shape index (κ1) is 9.55. The van der Waals surface area contributed by atoms with Gasteiger partial charge in [0.15, 0.2) is 0 Å². The van der Waals surface area contributed by atoms with Gasteiger partial charge in [0.2, 0.25) is 0 Å². The van der Waals surface area contributed by atoms with E-state index in [0.29, 0.717) is 10.8 Å². The molecular formula is C9H5BrClN3. The number of halogens is 2. The van der Waals surface area contributed by atoms with Crippen molar-refractivity contribution < 1.29 is 0 Å². The molecule has 14 heavy (non-hydrogen) atoms. The van der Waals surface area contributed by atoms with Crippen LogP contribution in [0.25, 0.3) is 11.4 Å². The fraction of sp³-hybridized carbons (Fsp3) is 0. The highest BCUT2D eigenvalue weighted by molar-refractivity contribution is 9.10. The summed E-state index contributed by atoms with van der Waals surface area (Å²) in [5.74, 6) is 0. The van der Waals surface area contributed by atoms with Gasteiger partial charge in [-0.1, -0.05) is 27.5 Å². The maximum atomic E-state index is 5.72. The van der Waals surface area contributed by atoms with E-state index in [1.54, 1.807) is 12.4 Å². The fourth-order valence-corrected chi connectivity index (χ4v) is 1.49. The van der Waals surface area contributed by atoms with Gasteiger partial charge in [-0.15, -0.1) is 0 Å². The molecule has 0 aromatic carbocycles. The summed E-state index contributed by atoms with van der Waals surface area (Å²) in [7, 11) is 0. The van der Waals surface area contributed by atoms with Crippen molar-refractivity contribution in [1.29, 1.82) is 0 Å². The van der Waals surface area contributed by atoms with Crippen LogP contribution in [0, 0.1) is 0 Å². The highest BCUT2D eigenvalue weighted by Gasteiger charge is 2.02. The molecule has 2 rings (SSSR count). The van der Waals surface area contributed by atoms with Crippen molar-refractivity contribution >= 4 is 27.5 Å². The molecule has 5 heteroatoms. The van der Waals surface area contributed by atoms with E-state index in [9.17, 15) is 0 Å². The first-order chi connectivity index (χ1) is 6.75. The molecule has 0 atom stereocenters. The highest BCUT2D eigenvalue weighted by atomic mass is 79.9. The molecule has 0 N–H and O–H groups in total. The minimum atomic E-state index is 0.365. The van der Waals surface area contributed by atoms with E-state index >= 15 is 0 Å². The van der Waals surface area contributed by atoms with E-state index in [0.717, 1.165) is 10.2 Å². The number of pyridine rings is 1. The summed E-state index contributed by atoms with van der Waals surface area (Å²) in [5.41, 5.74) is 1.41. The van der Waals surface area contributed by atoms with Crippen LogP contribution in [-0.4, -0.2) is 15.0 Å². The molecule has 2 aromatic heterocycles. The Labute approximate surface area is 94.3 Å². The van der Waals surface area contributed by atoms with Crippen LogP contribution in [0.5, 0.6) is 0 Å². The second-order valence-corrected chi connectivity index (χ2v) is 3.89. The second kappa shape index (κ2) is 4.02. The molecule has 2 aromatic rings. The van der Waals surface area contributed by atoms with Gasteiger partial charge in [-0.2, -0.15) is 0 Å². The summed E-state index contributed by atoms with van der Waals surface area (Å²) in [6.07, 6.45) is 4.81. The summed E-state index contributed by atoms with van der Waals surface area (Å²) in [6.45, 7) is 0. The van der Waals surface area contributed by atoms with Gasteiger partial charge in [0.1, 0.15) is 10.8 Å². The predicted octanol–water partition coefficient (Wildman–Crippen LogP) is 2.95. The molecule has 0 saturated carbocycles. The topological polar surface area (TPSA) is 38.7 Å². The molecule has 0 aliphatic carbocycles. The standard InChI is InChI=1S/C9H5BrClN3/c10-6-1-2-13-7(3-6)8-4-12-5-9(11)14-8/h1-5H. The molecule has 0 aliphatic heterocycles. The molecule has 0 fully saturated rings. The monoisotopic (exact) mass is 269 g/mol. The van der Waals surface area contributed by atoms with Crippen molar-refractivity contribution in [3.63, 3.8) is 0 Å². The summed E-state index contributed by atoms with van der Waals surface area (Å²) >= 11 is 9.08. The summed E-state index contributed by atoms with van der Waals surface area (Å²) in [4.78, 5) is 12.2. The third-order valence-electron chi connectivity index (χ3n) is 1.59. The quantitative estimate of drug-likeness (QED) is 0.800. The molecule has 0 unspecified atom stereocenters. The molecule has 0 amide bonds. The molecule has 0 saturated heterocycles. The number of hydrogen-bond donors (Lipinski definition) is 0. The van der Waals surface area contributed by atoms with Gasteiger partial charge in [0.25, 0.3) is 0 Å². The van der Waals surface area contributed by atoms with E-state index in [2.05, 4.69) is 30.9 Å². The SMILES string of the molecule is Clc1cncc(-c2cc(Br)ccn2)n1. The van der Waals surface area contributed by atoms with Gasteiger partial charge in [-0.25, -0.2) is 4.98 Å². The van der Waals surface area contributed by atoms with Crippen LogP contribution in [0.4, 0.5) is 0 Å². The Kier molecular flexibility index (Phi) is 2.74. The summed E-state index contributed by atoms with van der Waals surface area (Å²) in [5, 5.41) is 0.365. The third kappa shape index (κ3) is 2.08. The Bertz CT molecular complexity index is 418. The van der Waals surface area contributed by atoms with Crippen LogP contribution < -0.4 is 0 Å². The molecule has 3 nitrogen and oxygen atoms in total. The van der Waals surface area contributed by atoms with Gasteiger partial charge in [0.05, 0.1) is 18.1 Å². The maximum absolute atomic E-state index is 5.72. The lowest BCUT2D eigenvalue weighted by Gasteiger charge is -1.99. The summed E-state index contributed by atoms with van der Waals surface area (Å²) < 4.78 is 0.948. The van der Waals surface area contributed by atoms with Crippen LogP contribution >= 0.6 is 27.5 Å². The van der Waals surface area contributed by atoms with E-state index in [1.165, 1.54) is 6.20 Å². The lowest BCUT2D eigenvalue weighted by molar-refractivity contribution is 1.17. The van der Waals surface area contributed by atoms with Gasteiger partial charge in [-0.3, -0.25) is 9.97 Å². The zero-order chi connectivity index (χ0) is 9.97. The fourth-order valence-electron chi connectivity index (χ4n) is 1.01. The van der Waals surface area contributed by atoms with Gasteiger partial charge in [-0.05, 0) is 12.1 Å². The normalized spacial score (nSPS) is 10.1. The Hall–Kier alpha value is -1.00. The number of rotatable bonds is 1. The first-order valence-corrected chi connectivity index (χ1v) is 5.02. The molecule has 0 radical (unpaired) electrons. The van der Waals surface area contributed by atoms with Gasteiger partial charge >= 0.3 is 0 Å². The zero-order valence-corrected chi connectivity index (χ0v) is 9.33. The highest BCUT2D eigenvalue weighted by Crippen LogP contribution is 2.18. The molecule has 70 valence electrons. The average Bonchev–Trinajstić information content (AvgIpc) is 2.18. The zero-order valence-electron chi connectivity index (χ0n) is 6.98. The lowest BCUT2D eigenvalue weighted by Crippen LogP contribution is -1.88. The Balaban J connectivity index is 2.49. The van der Waals surface area contributed by atoms with Crippen LogP contribution in [0.15, 0.2) is 35.2 Å². The third-order valence-corrected chi connectivity index (χ3v) is 2.26. The van der Waals surface area contributed by atoms with Crippen molar-refractivity contribution in [3.05, 3.63) is 40.3 Å². The van der Waals surface area contributed by atoms with Crippen molar-refractivity contribution in [2.24, 2.45) is 0 Å². The Morgan fingerprint density at radius 2 is 2.07 bits per heavy atom. The number of nitrogens with zero attached hydrogens (tertiary/aromatic N) is 3. The van der Waals surface area contributed by atoms with E-state index < -0.39 is 0 Å². The molecule has 0 spiro atoms. The molecule has 0 bridgehead atoms. The minimum absolute atomic E-state index is 0.365. The van der Waals surface area contributed by atoms with E-state index in [4.69, 9.17) is 11.6 Å². The number of aromatic nitrogens is 3. The molecule has 0 aliphatic rings. The van der Waals surface area contributed by atoms with Crippen LogP contribution in [0.1, 0.15) is 0 Å². The maximum Gasteiger partial charge on any atom is 0.148 e. The van der Waals surface area contributed by atoms with Crippen LogP contribution in [0.2, 0.25) is 5.15 Å². The van der Waals surface area contributed by atoms with Crippen molar-refractivity contribution in [2.45, 2.75) is 0 Å². The lowest BCUT2D eigenvalue weighted by atomic mass is 10.3. The molecular weight excluding hydrogens is 265 g/mol. The van der Waals surface area contributed by atoms with E-state index in [1.807, 2.05) is 12.1 Å². The van der Waals surface area contributed by atoms with Crippen LogP contribution in [0.3, 0.4) is 0 Å². The van der Waals surface area contributed by atoms with Crippen molar-refractivity contribution in [2.75, 3.05) is 0 Å². The van der Waals surface area contributed by atoms with Crippen LogP contribution in [-0.2, 0) is 0 Å². The van der Waals surface area contributed by atoms with Crippen molar-refractivity contribution in [3.8, 4) is 11.4 Å². The smallest absolute Gasteiger partial charge is 0.148 e. The Morgan fingerprint density at radius 1 is 1.21 bits per heavy atom. The van der Waals surface area contributed by atoms with Crippen molar-refractivity contribution in [1.82, 2.24) is 15.0 Å². The number of hydrogen-bond acceptors (Lipinski definition) is 3. The largest absolute Gasteiger partial charge is 0.259 e. The Morgan fingerprint density at radius 3 is 2.79 bits per heavy atom. The summed E-state index contributed by atoms with van der Waals surface area (Å²) in [6, 6.07) is 3.71. The van der Waals surface area contributed by atoms with E-state index in [-0.39, 0.29) is 0 Å². The van der Waals surface area contributed by atoms with Gasteiger partial charge in [0, 0.05) is 10.7 Å². The first-order valence-electron chi connectivity index (χ1n) is 3.85. The average molecular weight is 271 g/mol.